The lowest BCUT2D eigenvalue weighted by Crippen LogP contribution is -2.41. The largest absolute Gasteiger partial charge is 0.338 e. The molecule has 6 heteroatoms. The number of nitrogens with one attached hydrogen (secondary N) is 2. The molecule has 1 atom stereocenters. The highest BCUT2D eigenvalue weighted by Gasteiger charge is 2.24. The van der Waals surface area contributed by atoms with Gasteiger partial charge in [-0.25, -0.2) is 4.79 Å². The van der Waals surface area contributed by atoms with Crippen LogP contribution in [0.5, 0.6) is 0 Å². The Kier molecular flexibility index (Phi) is 6.20. The van der Waals surface area contributed by atoms with Crippen molar-refractivity contribution in [2.24, 2.45) is 0 Å². The molecule has 0 aromatic carbocycles. The first kappa shape index (κ1) is 16.9. The predicted molar refractivity (Wildman–Crippen MR) is 97.2 cm³/mol. The third kappa shape index (κ3) is 4.79. The monoisotopic (exact) mass is 344 g/mol. The molecular formula is C18H24N4OS. The first-order valence-corrected chi connectivity index (χ1v) is 9.39. The van der Waals surface area contributed by atoms with E-state index in [2.05, 4.69) is 38.0 Å². The zero-order valence-corrected chi connectivity index (χ0v) is 14.6. The van der Waals surface area contributed by atoms with Gasteiger partial charge in [-0.15, -0.1) is 11.3 Å². The molecule has 0 aliphatic carbocycles. The Bertz CT molecular complexity index is 611. The predicted octanol–water partition coefficient (Wildman–Crippen LogP) is 2.82. The topological polar surface area (TPSA) is 57.3 Å². The van der Waals surface area contributed by atoms with Gasteiger partial charge in [-0.3, -0.25) is 9.88 Å². The number of thiophene rings is 1. The van der Waals surface area contributed by atoms with Crippen molar-refractivity contribution in [3.05, 3.63) is 52.5 Å². The minimum Gasteiger partial charge on any atom is -0.338 e. The third-order valence-corrected chi connectivity index (χ3v) is 5.30. The maximum Gasteiger partial charge on any atom is 0.314 e. The van der Waals surface area contributed by atoms with Crippen LogP contribution >= 0.6 is 11.3 Å². The molecule has 2 aromatic heterocycles. The van der Waals surface area contributed by atoms with E-state index in [-0.39, 0.29) is 12.1 Å². The van der Waals surface area contributed by atoms with E-state index in [0.717, 1.165) is 25.1 Å². The van der Waals surface area contributed by atoms with Crippen LogP contribution in [0.2, 0.25) is 0 Å². The molecule has 1 saturated heterocycles. The average molecular weight is 344 g/mol. The van der Waals surface area contributed by atoms with Gasteiger partial charge in [-0.2, -0.15) is 0 Å². The summed E-state index contributed by atoms with van der Waals surface area (Å²) >= 11 is 1.76. The summed E-state index contributed by atoms with van der Waals surface area (Å²) in [5.41, 5.74) is 1.13. The molecular weight excluding hydrogens is 320 g/mol. The highest BCUT2D eigenvalue weighted by atomic mass is 32.1. The minimum atomic E-state index is -0.0976. The maximum atomic E-state index is 12.1. The van der Waals surface area contributed by atoms with Crippen molar-refractivity contribution in [2.75, 3.05) is 26.2 Å². The molecule has 2 N–H and O–H groups in total. The Morgan fingerprint density at radius 1 is 1.25 bits per heavy atom. The zero-order valence-electron chi connectivity index (χ0n) is 13.8. The highest BCUT2D eigenvalue weighted by molar-refractivity contribution is 7.10. The first-order chi connectivity index (χ1) is 11.8. The molecule has 0 bridgehead atoms. The normalized spacial score (nSPS) is 16.0. The van der Waals surface area contributed by atoms with Gasteiger partial charge in [0.05, 0.1) is 6.04 Å². The van der Waals surface area contributed by atoms with Crippen molar-refractivity contribution in [1.82, 2.24) is 20.5 Å². The average Bonchev–Trinajstić information content (AvgIpc) is 3.30. The van der Waals surface area contributed by atoms with Gasteiger partial charge in [-0.1, -0.05) is 12.1 Å². The van der Waals surface area contributed by atoms with E-state index >= 15 is 0 Å². The number of nitrogens with zero attached hydrogens (tertiary/aromatic N) is 2. The van der Waals surface area contributed by atoms with E-state index < -0.39 is 0 Å². The van der Waals surface area contributed by atoms with Gasteiger partial charge in [0.15, 0.2) is 0 Å². The Balaban J connectivity index is 1.44. The zero-order chi connectivity index (χ0) is 16.6. The summed E-state index contributed by atoms with van der Waals surface area (Å²) in [7, 11) is 0. The van der Waals surface area contributed by atoms with Crippen molar-refractivity contribution < 1.29 is 4.79 Å². The highest BCUT2D eigenvalue weighted by Crippen LogP contribution is 2.27. The van der Waals surface area contributed by atoms with Gasteiger partial charge >= 0.3 is 6.03 Å². The van der Waals surface area contributed by atoms with E-state index in [4.69, 9.17) is 0 Å². The Labute approximate surface area is 147 Å². The standard InChI is InChI=1S/C18H24N4OS/c23-18(20-9-7-15-5-3-8-19-13-15)21-14-16(17-6-4-12-24-17)22-10-1-2-11-22/h3-6,8,12-13,16H,1-2,7,9-11,14H2,(H2,20,21,23)/t16-/m0/s1. The van der Waals surface area contributed by atoms with Gasteiger partial charge < -0.3 is 10.6 Å². The van der Waals surface area contributed by atoms with E-state index in [0.29, 0.717) is 13.1 Å². The first-order valence-electron chi connectivity index (χ1n) is 8.51. The van der Waals surface area contributed by atoms with Crippen LogP contribution in [0.25, 0.3) is 0 Å². The fourth-order valence-corrected chi connectivity index (χ4v) is 3.92. The quantitative estimate of drug-likeness (QED) is 0.812. The van der Waals surface area contributed by atoms with E-state index in [1.165, 1.54) is 17.7 Å². The number of aromatic nitrogens is 1. The van der Waals surface area contributed by atoms with E-state index in [1.807, 2.05) is 18.3 Å². The van der Waals surface area contributed by atoms with Gasteiger partial charge in [0.1, 0.15) is 0 Å². The van der Waals surface area contributed by atoms with Gasteiger partial charge in [0, 0.05) is 30.4 Å². The lowest BCUT2D eigenvalue weighted by Gasteiger charge is -2.26. The van der Waals surface area contributed by atoms with Crippen LogP contribution in [0.4, 0.5) is 4.79 Å². The number of hydrogen-bond acceptors (Lipinski definition) is 4. The molecule has 2 amide bonds. The second-order valence-corrected chi connectivity index (χ2v) is 7.00. The van der Waals surface area contributed by atoms with E-state index in [9.17, 15) is 4.79 Å². The molecule has 1 aliphatic rings. The maximum absolute atomic E-state index is 12.1. The van der Waals surface area contributed by atoms with Gasteiger partial charge in [-0.05, 0) is 55.4 Å². The molecule has 24 heavy (non-hydrogen) atoms. The van der Waals surface area contributed by atoms with Crippen molar-refractivity contribution in [3.63, 3.8) is 0 Å². The summed E-state index contributed by atoms with van der Waals surface area (Å²) in [6.07, 6.45) is 6.88. The number of amides is 2. The fraction of sp³-hybridized carbons (Fsp3) is 0.444. The lowest BCUT2D eigenvalue weighted by atomic mass is 10.2. The molecule has 0 unspecified atom stereocenters. The van der Waals surface area contributed by atoms with Crippen LogP contribution in [0.1, 0.15) is 29.3 Å². The van der Waals surface area contributed by atoms with E-state index in [1.54, 1.807) is 17.5 Å². The molecule has 5 nitrogen and oxygen atoms in total. The minimum absolute atomic E-state index is 0.0976. The number of carbonyl (C=O) groups excluding carboxylic acids is 1. The molecule has 0 spiro atoms. The second-order valence-electron chi connectivity index (χ2n) is 6.02. The number of pyridine rings is 1. The number of rotatable bonds is 7. The Morgan fingerprint density at radius 3 is 2.83 bits per heavy atom. The molecule has 128 valence electrons. The van der Waals surface area contributed by atoms with Crippen molar-refractivity contribution in [2.45, 2.75) is 25.3 Å². The molecule has 3 heterocycles. The van der Waals surface area contributed by atoms with Crippen molar-refractivity contribution >= 4 is 17.4 Å². The van der Waals surface area contributed by atoms with Crippen LogP contribution in [0.15, 0.2) is 42.0 Å². The Morgan fingerprint density at radius 2 is 2.12 bits per heavy atom. The van der Waals surface area contributed by atoms with Crippen molar-refractivity contribution in [3.8, 4) is 0 Å². The molecule has 1 fully saturated rings. The molecule has 3 rings (SSSR count). The second kappa shape index (κ2) is 8.80. The van der Waals surface area contributed by atoms with Crippen LogP contribution in [-0.2, 0) is 6.42 Å². The van der Waals surface area contributed by atoms with Gasteiger partial charge in [0.2, 0.25) is 0 Å². The van der Waals surface area contributed by atoms with Crippen molar-refractivity contribution in [1.29, 1.82) is 0 Å². The number of likely N-dealkylation sites (tertiary alicyclic amines) is 1. The van der Waals surface area contributed by atoms with Crippen LogP contribution in [0, 0.1) is 0 Å². The van der Waals surface area contributed by atoms with Crippen LogP contribution in [-0.4, -0.2) is 42.1 Å². The lowest BCUT2D eigenvalue weighted by molar-refractivity contribution is 0.222. The summed E-state index contributed by atoms with van der Waals surface area (Å²) in [4.78, 5) is 20.0. The van der Waals surface area contributed by atoms with Crippen LogP contribution in [0.3, 0.4) is 0 Å². The van der Waals surface area contributed by atoms with Gasteiger partial charge in [0.25, 0.3) is 0 Å². The SMILES string of the molecule is O=C(NCCc1cccnc1)NC[C@@H](c1cccs1)N1CCCC1. The summed E-state index contributed by atoms with van der Waals surface area (Å²) < 4.78 is 0. The Hall–Kier alpha value is -1.92. The number of hydrogen-bond donors (Lipinski definition) is 2. The summed E-state index contributed by atoms with van der Waals surface area (Å²) in [5, 5.41) is 8.07. The molecule has 2 aromatic rings. The fourth-order valence-electron chi connectivity index (χ4n) is 3.06. The smallest absolute Gasteiger partial charge is 0.314 e. The summed E-state index contributed by atoms with van der Waals surface area (Å²) in [6, 6.07) is 8.37. The molecule has 0 radical (unpaired) electrons. The number of urea groups is 1. The third-order valence-electron chi connectivity index (χ3n) is 4.33. The summed E-state index contributed by atoms with van der Waals surface area (Å²) in [6.45, 7) is 3.50. The van der Waals surface area contributed by atoms with Crippen LogP contribution < -0.4 is 10.6 Å². The molecule has 1 aliphatic heterocycles. The summed E-state index contributed by atoms with van der Waals surface area (Å²) in [5.74, 6) is 0. The number of carbonyl (C=O) groups is 1. The molecule has 0 saturated carbocycles.